The second-order valence-corrected chi connectivity index (χ2v) is 11.8. The Morgan fingerprint density at radius 1 is 1.07 bits per heavy atom. The van der Waals surface area contributed by atoms with Gasteiger partial charge in [-0.1, -0.05) is 65.0 Å². The highest BCUT2D eigenvalue weighted by Gasteiger charge is 2.48. The fraction of sp³-hybridized carbons (Fsp3) is 0.200. The molecule has 3 aromatic carbocycles. The van der Waals surface area contributed by atoms with Crippen molar-refractivity contribution in [2.24, 2.45) is 0 Å². The number of hydrogen-bond donors (Lipinski definition) is 1. The molecule has 214 valence electrons. The van der Waals surface area contributed by atoms with Crippen LogP contribution < -0.4 is 19.1 Å². The van der Waals surface area contributed by atoms with Gasteiger partial charge in [0.1, 0.15) is 24.7 Å². The second kappa shape index (κ2) is 12.0. The Balaban J connectivity index is 1.41. The number of aliphatic hydroxyl groups is 1. The highest BCUT2D eigenvalue weighted by atomic mass is 35.5. The van der Waals surface area contributed by atoms with E-state index in [1.165, 1.54) is 28.0 Å². The van der Waals surface area contributed by atoms with Crippen LogP contribution in [-0.2, 0) is 15.3 Å². The third kappa shape index (κ3) is 5.42. The Morgan fingerprint density at radius 3 is 2.69 bits per heavy atom. The maximum atomic E-state index is 13.6. The van der Waals surface area contributed by atoms with Crippen LogP contribution in [0.4, 0.5) is 5.13 Å². The highest BCUT2D eigenvalue weighted by molar-refractivity contribution is 8.00. The van der Waals surface area contributed by atoms with Gasteiger partial charge in [0.05, 0.1) is 18.2 Å². The number of fused-ring (bicyclic) bond motifs is 1. The van der Waals surface area contributed by atoms with Crippen LogP contribution in [0.3, 0.4) is 0 Å². The van der Waals surface area contributed by atoms with Crippen molar-refractivity contribution >= 4 is 57.3 Å². The number of benzene rings is 3. The number of amides is 1. The molecule has 9 nitrogen and oxygen atoms in total. The summed E-state index contributed by atoms with van der Waals surface area (Å²) in [4.78, 5) is 28.5. The third-order valence-electron chi connectivity index (χ3n) is 6.66. The van der Waals surface area contributed by atoms with Crippen molar-refractivity contribution < 1.29 is 28.9 Å². The number of carbonyl (C=O) groups is 2. The van der Waals surface area contributed by atoms with Crippen LogP contribution >= 0.6 is 34.7 Å². The molecule has 0 bridgehead atoms. The Bertz CT molecular complexity index is 1710. The first kappa shape index (κ1) is 28.1. The molecule has 42 heavy (non-hydrogen) atoms. The molecular weight excluding hydrogens is 598 g/mol. The fourth-order valence-corrected chi connectivity index (χ4v) is 6.90. The lowest BCUT2D eigenvalue weighted by atomic mass is 9.95. The molecule has 1 fully saturated rings. The molecule has 1 aromatic heterocycles. The number of rotatable bonds is 8. The summed E-state index contributed by atoms with van der Waals surface area (Å²) in [5.41, 5.74) is 1.75. The van der Waals surface area contributed by atoms with Crippen molar-refractivity contribution in [3.8, 4) is 17.2 Å². The van der Waals surface area contributed by atoms with Crippen LogP contribution in [0.5, 0.6) is 17.2 Å². The molecule has 0 saturated carbocycles. The van der Waals surface area contributed by atoms with Crippen LogP contribution in [-0.4, -0.2) is 46.8 Å². The number of aliphatic hydroxyl groups excluding tert-OH is 1. The number of nitrogens with zero attached hydrogens (tertiary/aromatic N) is 3. The third-order valence-corrected chi connectivity index (χ3v) is 9.13. The number of ether oxygens (including phenoxy) is 3. The molecule has 12 heteroatoms. The summed E-state index contributed by atoms with van der Waals surface area (Å²) < 4.78 is 17.6. The van der Waals surface area contributed by atoms with Crippen molar-refractivity contribution in [3.05, 3.63) is 94.0 Å². The summed E-state index contributed by atoms with van der Waals surface area (Å²) >= 11 is 8.91. The highest BCUT2D eigenvalue weighted by Crippen LogP contribution is 2.45. The molecule has 4 aromatic rings. The van der Waals surface area contributed by atoms with Gasteiger partial charge in [-0.05, 0) is 54.4 Å². The first-order valence-corrected chi connectivity index (χ1v) is 15.3. The van der Waals surface area contributed by atoms with Gasteiger partial charge in [-0.25, -0.2) is 0 Å². The van der Waals surface area contributed by atoms with Crippen molar-refractivity contribution in [2.75, 3.05) is 24.7 Å². The number of Topliss-reactive ketones (excluding diaryl/α,β-unsaturated/α-hetero) is 1. The summed E-state index contributed by atoms with van der Waals surface area (Å²) in [6.07, 6.45) is 0. The molecule has 1 atom stereocenters. The summed E-state index contributed by atoms with van der Waals surface area (Å²) in [6.45, 7) is 3.08. The second-order valence-electron chi connectivity index (χ2n) is 9.26. The molecule has 1 unspecified atom stereocenters. The largest absolute Gasteiger partial charge is 0.507 e. The first-order valence-electron chi connectivity index (χ1n) is 13.1. The molecule has 2 aliphatic heterocycles. The van der Waals surface area contributed by atoms with Crippen molar-refractivity contribution in [2.45, 2.75) is 23.1 Å². The summed E-state index contributed by atoms with van der Waals surface area (Å²) in [7, 11) is 0. The molecule has 1 saturated heterocycles. The Labute approximate surface area is 254 Å². The first-order chi connectivity index (χ1) is 20.4. The molecule has 0 spiro atoms. The van der Waals surface area contributed by atoms with E-state index >= 15 is 0 Å². The lowest BCUT2D eigenvalue weighted by Gasteiger charge is -2.23. The van der Waals surface area contributed by atoms with E-state index in [1.807, 2.05) is 31.2 Å². The maximum Gasteiger partial charge on any atom is 0.301 e. The number of carbonyl (C=O) groups excluding carboxylic acids is 2. The van der Waals surface area contributed by atoms with E-state index in [1.54, 1.807) is 42.5 Å². The molecule has 0 aliphatic carbocycles. The normalized spacial score (nSPS) is 17.5. The van der Waals surface area contributed by atoms with E-state index in [0.717, 1.165) is 5.56 Å². The quantitative estimate of drug-likeness (QED) is 0.0799. The van der Waals surface area contributed by atoms with E-state index in [-0.39, 0.29) is 16.5 Å². The van der Waals surface area contributed by atoms with Gasteiger partial charge >= 0.3 is 5.91 Å². The van der Waals surface area contributed by atoms with Gasteiger partial charge in [0.15, 0.2) is 15.8 Å². The van der Waals surface area contributed by atoms with Gasteiger partial charge in [0.25, 0.3) is 5.78 Å². The molecule has 3 heterocycles. The number of anilines is 1. The minimum Gasteiger partial charge on any atom is -0.507 e. The van der Waals surface area contributed by atoms with Gasteiger partial charge in [-0.15, -0.1) is 10.2 Å². The molecular formula is C30H24ClN3O6S2. The van der Waals surface area contributed by atoms with Gasteiger partial charge < -0.3 is 19.3 Å². The molecule has 1 amide bonds. The van der Waals surface area contributed by atoms with Gasteiger partial charge in [0, 0.05) is 16.3 Å². The minimum atomic E-state index is -0.979. The topological polar surface area (TPSA) is 111 Å². The molecule has 6 rings (SSSR count). The SMILES string of the molecule is CCOc1cccc(C2C(=C(O)c3ccc4c(c3)OCCO4)C(=O)C(=O)N2c2nnc(SCc3ccccc3Cl)s2)c1. The zero-order valence-electron chi connectivity index (χ0n) is 22.3. The summed E-state index contributed by atoms with van der Waals surface area (Å²) in [6, 6.07) is 18.5. The van der Waals surface area contributed by atoms with Gasteiger partial charge in [0.2, 0.25) is 5.13 Å². The van der Waals surface area contributed by atoms with E-state index in [0.29, 0.717) is 63.3 Å². The average Bonchev–Trinajstić information content (AvgIpc) is 3.58. The predicted molar refractivity (Wildman–Crippen MR) is 161 cm³/mol. The number of ketones is 1. The summed E-state index contributed by atoms with van der Waals surface area (Å²) in [5.74, 6) is 0.102. The van der Waals surface area contributed by atoms with Crippen LogP contribution in [0.1, 0.15) is 29.7 Å². The lowest BCUT2D eigenvalue weighted by Crippen LogP contribution is -2.29. The molecule has 0 radical (unpaired) electrons. The Kier molecular flexibility index (Phi) is 8.05. The lowest BCUT2D eigenvalue weighted by molar-refractivity contribution is -0.132. The van der Waals surface area contributed by atoms with Crippen LogP contribution in [0, 0.1) is 0 Å². The van der Waals surface area contributed by atoms with E-state index in [9.17, 15) is 14.7 Å². The zero-order chi connectivity index (χ0) is 29.2. The van der Waals surface area contributed by atoms with Crippen molar-refractivity contribution in [1.82, 2.24) is 10.2 Å². The van der Waals surface area contributed by atoms with Crippen molar-refractivity contribution in [1.29, 1.82) is 0 Å². The van der Waals surface area contributed by atoms with Crippen LogP contribution in [0.2, 0.25) is 5.02 Å². The fourth-order valence-electron chi connectivity index (χ4n) is 4.75. The standard InChI is InChI=1S/C30H24ClN3O6S2/c1-2-38-20-8-5-7-17(14-20)25-24(26(35)18-10-11-22-23(15-18)40-13-12-39-22)27(36)28(37)34(25)29-32-33-30(42-29)41-16-19-6-3-4-9-21(19)31/h3-11,14-15,25,35H,2,12-13,16H2,1H3. The van der Waals surface area contributed by atoms with E-state index in [2.05, 4.69) is 10.2 Å². The maximum absolute atomic E-state index is 13.6. The van der Waals surface area contributed by atoms with E-state index in [4.69, 9.17) is 25.8 Å². The Morgan fingerprint density at radius 2 is 1.88 bits per heavy atom. The monoisotopic (exact) mass is 621 g/mol. The Hall–Kier alpha value is -4.06. The smallest absolute Gasteiger partial charge is 0.301 e. The van der Waals surface area contributed by atoms with E-state index < -0.39 is 17.7 Å². The molecule has 2 aliphatic rings. The number of halogens is 1. The number of thioether (sulfide) groups is 1. The number of aromatic nitrogens is 2. The van der Waals surface area contributed by atoms with Crippen molar-refractivity contribution in [3.63, 3.8) is 0 Å². The average molecular weight is 622 g/mol. The van der Waals surface area contributed by atoms with Gasteiger partial charge in [-0.2, -0.15) is 0 Å². The van der Waals surface area contributed by atoms with Gasteiger partial charge in [-0.3, -0.25) is 14.5 Å². The van der Waals surface area contributed by atoms with Crippen LogP contribution in [0.25, 0.3) is 5.76 Å². The zero-order valence-corrected chi connectivity index (χ0v) is 24.7. The molecule has 1 N–H and O–H groups in total. The summed E-state index contributed by atoms with van der Waals surface area (Å²) in [5, 5.41) is 20.9. The number of hydrogen-bond acceptors (Lipinski definition) is 10. The predicted octanol–water partition coefficient (Wildman–Crippen LogP) is 6.28. The minimum absolute atomic E-state index is 0.0780. The van der Waals surface area contributed by atoms with Crippen LogP contribution in [0.15, 0.2) is 76.6 Å².